The Labute approximate surface area is 209 Å². The van der Waals surface area contributed by atoms with Crippen LogP contribution in [0, 0.1) is 0 Å². The van der Waals surface area contributed by atoms with Crippen molar-refractivity contribution in [1.82, 2.24) is 9.71 Å². The maximum atomic E-state index is 11.3. The highest BCUT2D eigenvalue weighted by Gasteiger charge is 2.37. The number of rotatable bonds is 12. The molecule has 6 heteroatoms. The van der Waals surface area contributed by atoms with E-state index in [0.717, 1.165) is 6.42 Å². The Balaban J connectivity index is 1.49. The lowest BCUT2D eigenvalue weighted by atomic mass is 9.84. The van der Waals surface area contributed by atoms with Gasteiger partial charge in [0.25, 0.3) is 0 Å². The van der Waals surface area contributed by atoms with Gasteiger partial charge in [-0.2, -0.15) is 0 Å². The molecule has 1 heterocycles. The van der Waals surface area contributed by atoms with Crippen molar-refractivity contribution < 1.29 is 14.3 Å². The average molecular weight is 483 g/mol. The van der Waals surface area contributed by atoms with Crippen molar-refractivity contribution in [3.05, 3.63) is 131 Å². The number of pyridine rings is 1. The minimum Gasteiger partial charge on any atom is -0.491 e. The third kappa shape index (κ3) is 5.67. The van der Waals surface area contributed by atoms with Gasteiger partial charge < -0.3 is 4.74 Å². The van der Waals surface area contributed by atoms with E-state index >= 15 is 0 Å². The fourth-order valence-corrected chi connectivity index (χ4v) is 5.16. The summed E-state index contributed by atoms with van der Waals surface area (Å²) >= 11 is 1.67. The number of aldehydes is 2. The molecule has 4 aromatic rings. The summed E-state index contributed by atoms with van der Waals surface area (Å²) in [4.78, 5) is 26.1. The highest BCUT2D eigenvalue weighted by Crippen LogP contribution is 2.46. The van der Waals surface area contributed by atoms with Gasteiger partial charge in [-0.3, -0.25) is 14.3 Å². The summed E-state index contributed by atoms with van der Waals surface area (Å²) in [6.45, 7) is 1.10. The summed E-state index contributed by atoms with van der Waals surface area (Å²) in [5, 5.41) is 0. The Morgan fingerprint density at radius 1 is 0.743 bits per heavy atom. The Morgan fingerprint density at radius 3 is 1.77 bits per heavy atom. The van der Waals surface area contributed by atoms with Crippen LogP contribution >= 0.6 is 11.9 Å². The van der Waals surface area contributed by atoms with E-state index in [4.69, 9.17) is 4.74 Å². The highest BCUT2D eigenvalue weighted by molar-refractivity contribution is 7.98. The Hall–Kier alpha value is -3.74. The van der Waals surface area contributed by atoms with Gasteiger partial charge in [-0.1, -0.05) is 103 Å². The van der Waals surface area contributed by atoms with E-state index < -0.39 is 4.75 Å². The minimum atomic E-state index is -0.441. The molecule has 0 fully saturated rings. The van der Waals surface area contributed by atoms with Gasteiger partial charge in [-0.25, -0.2) is 4.98 Å². The van der Waals surface area contributed by atoms with E-state index in [9.17, 15) is 9.59 Å². The molecular formula is C29H26N2O3S. The molecule has 0 aliphatic heterocycles. The number of hydrogen-bond donors (Lipinski definition) is 1. The maximum Gasteiger partial charge on any atom is 0.172 e. The van der Waals surface area contributed by atoms with Gasteiger partial charge in [0.15, 0.2) is 12.6 Å². The second-order valence-electron chi connectivity index (χ2n) is 7.83. The van der Waals surface area contributed by atoms with E-state index in [2.05, 4.69) is 82.5 Å². The SMILES string of the molecule is O=Cc1ccc(OCCCNSC(c2ccccc2)(c2ccccc2)c2ccccc2)c(C=O)n1. The highest BCUT2D eigenvalue weighted by atomic mass is 32.2. The van der Waals surface area contributed by atoms with Crippen molar-refractivity contribution in [3.63, 3.8) is 0 Å². The Bertz CT molecular complexity index is 1140. The molecule has 35 heavy (non-hydrogen) atoms. The molecule has 0 bridgehead atoms. The summed E-state index contributed by atoms with van der Waals surface area (Å²) in [5.74, 6) is 0.380. The smallest absolute Gasteiger partial charge is 0.172 e. The zero-order valence-corrected chi connectivity index (χ0v) is 20.0. The molecule has 176 valence electrons. The summed E-state index contributed by atoms with van der Waals surface area (Å²) < 4.78 is 8.87. The summed E-state index contributed by atoms with van der Waals surface area (Å²) in [6, 6.07) is 34.6. The molecule has 1 N–H and O–H groups in total. The van der Waals surface area contributed by atoms with Crippen molar-refractivity contribution in [2.24, 2.45) is 0 Å². The molecule has 0 unspecified atom stereocenters. The molecule has 3 aromatic carbocycles. The van der Waals surface area contributed by atoms with Crippen LogP contribution in [0.1, 0.15) is 44.1 Å². The van der Waals surface area contributed by atoms with Crippen LogP contribution < -0.4 is 9.46 Å². The standard InChI is InChI=1S/C29H26N2O3S/c32-21-26-17-18-28(27(22-33)31-26)34-20-10-19-30-35-29(23-11-4-1-5-12-23,24-13-6-2-7-14-24)25-15-8-3-9-16-25/h1-9,11-18,21-22,30H,10,19-20H2. The molecule has 0 radical (unpaired) electrons. The second-order valence-corrected chi connectivity index (χ2v) is 8.94. The first-order chi connectivity index (χ1) is 17.3. The quantitative estimate of drug-likeness (QED) is 0.121. The van der Waals surface area contributed by atoms with E-state index in [0.29, 0.717) is 31.5 Å². The van der Waals surface area contributed by atoms with E-state index in [1.165, 1.54) is 22.8 Å². The third-order valence-electron chi connectivity index (χ3n) is 5.59. The minimum absolute atomic E-state index is 0.133. The van der Waals surface area contributed by atoms with Crippen LogP contribution in [0.5, 0.6) is 5.75 Å². The lowest BCUT2D eigenvalue weighted by Crippen LogP contribution is -2.30. The predicted molar refractivity (Wildman–Crippen MR) is 140 cm³/mol. The van der Waals surface area contributed by atoms with Crippen LogP contribution in [0.3, 0.4) is 0 Å². The van der Waals surface area contributed by atoms with Crippen molar-refractivity contribution in [3.8, 4) is 5.75 Å². The Kier molecular flexibility index (Phi) is 8.44. The number of nitrogens with zero attached hydrogens (tertiary/aromatic N) is 1. The topological polar surface area (TPSA) is 68.3 Å². The van der Waals surface area contributed by atoms with Gasteiger partial charge in [0.05, 0.1) is 6.61 Å². The molecular weight excluding hydrogens is 456 g/mol. The first-order valence-electron chi connectivity index (χ1n) is 11.4. The van der Waals surface area contributed by atoms with E-state index in [-0.39, 0.29) is 11.4 Å². The molecule has 0 atom stereocenters. The van der Waals surface area contributed by atoms with Crippen molar-refractivity contribution in [2.75, 3.05) is 13.2 Å². The predicted octanol–water partition coefficient (Wildman–Crippen LogP) is 5.71. The van der Waals surface area contributed by atoms with E-state index in [1.54, 1.807) is 18.0 Å². The van der Waals surface area contributed by atoms with Gasteiger partial charge in [0, 0.05) is 6.54 Å². The molecule has 0 saturated heterocycles. The number of nitrogens with one attached hydrogen (secondary N) is 1. The summed E-state index contributed by atoms with van der Waals surface area (Å²) in [7, 11) is 0. The van der Waals surface area contributed by atoms with Crippen LogP contribution in [0.25, 0.3) is 0 Å². The van der Waals surface area contributed by atoms with Gasteiger partial charge in [0.2, 0.25) is 0 Å². The second kappa shape index (κ2) is 12.1. The largest absolute Gasteiger partial charge is 0.491 e. The zero-order valence-electron chi connectivity index (χ0n) is 19.2. The van der Waals surface area contributed by atoms with Gasteiger partial charge in [0.1, 0.15) is 21.9 Å². The summed E-state index contributed by atoms with van der Waals surface area (Å²) in [5.41, 5.74) is 3.89. The number of benzene rings is 3. The van der Waals surface area contributed by atoms with Crippen LogP contribution in [-0.2, 0) is 4.75 Å². The molecule has 0 saturated carbocycles. The number of carbonyl (C=O) groups is 2. The van der Waals surface area contributed by atoms with E-state index in [1.807, 2.05) is 18.2 Å². The van der Waals surface area contributed by atoms with Gasteiger partial charge in [-0.05, 0) is 35.2 Å². The lowest BCUT2D eigenvalue weighted by Gasteiger charge is -2.35. The average Bonchev–Trinajstić information content (AvgIpc) is 2.94. The first-order valence-corrected chi connectivity index (χ1v) is 12.2. The number of aromatic nitrogens is 1. The monoisotopic (exact) mass is 482 g/mol. The maximum absolute atomic E-state index is 11.3. The zero-order chi connectivity index (χ0) is 24.3. The Morgan fingerprint density at radius 2 is 1.29 bits per heavy atom. The molecule has 4 rings (SSSR count). The van der Waals surface area contributed by atoms with Crippen molar-refractivity contribution in [2.45, 2.75) is 11.2 Å². The fourth-order valence-electron chi connectivity index (χ4n) is 3.93. The fraction of sp³-hybridized carbons (Fsp3) is 0.138. The molecule has 5 nitrogen and oxygen atoms in total. The van der Waals surface area contributed by atoms with Gasteiger partial charge >= 0.3 is 0 Å². The van der Waals surface area contributed by atoms with Crippen LogP contribution in [0.2, 0.25) is 0 Å². The van der Waals surface area contributed by atoms with Crippen LogP contribution in [-0.4, -0.2) is 30.7 Å². The van der Waals surface area contributed by atoms with Crippen molar-refractivity contribution in [1.29, 1.82) is 0 Å². The molecule has 0 amide bonds. The number of carbonyl (C=O) groups excluding carboxylic acids is 2. The molecule has 0 aliphatic carbocycles. The summed E-state index contributed by atoms with van der Waals surface area (Å²) in [6.07, 6.45) is 1.93. The number of hydrogen-bond acceptors (Lipinski definition) is 6. The first kappa shape index (κ1) is 24.4. The van der Waals surface area contributed by atoms with Gasteiger partial charge in [-0.15, -0.1) is 0 Å². The number of ether oxygens (including phenoxy) is 1. The van der Waals surface area contributed by atoms with Crippen LogP contribution in [0.15, 0.2) is 103 Å². The third-order valence-corrected chi connectivity index (χ3v) is 6.95. The normalized spacial score (nSPS) is 11.1. The molecule has 1 aromatic heterocycles. The molecule has 0 spiro atoms. The van der Waals surface area contributed by atoms with Crippen LogP contribution in [0.4, 0.5) is 0 Å². The van der Waals surface area contributed by atoms with Crippen molar-refractivity contribution >= 4 is 24.5 Å². The lowest BCUT2D eigenvalue weighted by molar-refractivity contribution is 0.111. The molecule has 0 aliphatic rings.